The van der Waals surface area contributed by atoms with E-state index in [2.05, 4.69) is 24.8 Å². The van der Waals surface area contributed by atoms with Crippen molar-refractivity contribution >= 4 is 21.9 Å². The highest BCUT2D eigenvalue weighted by molar-refractivity contribution is 7.84. The van der Waals surface area contributed by atoms with Crippen molar-refractivity contribution in [2.24, 2.45) is 11.1 Å². The van der Waals surface area contributed by atoms with Crippen LogP contribution in [-0.2, 0) is 20.9 Å². The molecular weight excluding hydrogens is 416 g/mol. The summed E-state index contributed by atoms with van der Waals surface area (Å²) in [5, 5.41) is 11.5. The van der Waals surface area contributed by atoms with Crippen LogP contribution in [-0.4, -0.2) is 31.0 Å². The van der Waals surface area contributed by atoms with Gasteiger partial charge >= 0.3 is 10.3 Å². The molecule has 162 valence electrons. The van der Waals surface area contributed by atoms with Crippen molar-refractivity contribution in [3.8, 4) is 0 Å². The molecule has 2 aliphatic rings. The molecule has 4 rings (SSSR count). The lowest BCUT2D eigenvalue weighted by molar-refractivity contribution is 0.256. The second-order valence-corrected chi connectivity index (χ2v) is 9.01. The Morgan fingerprint density at radius 2 is 1.80 bits per heavy atom. The molecule has 1 aromatic heterocycles. The van der Waals surface area contributed by atoms with E-state index in [4.69, 9.17) is 5.14 Å². The predicted molar refractivity (Wildman–Crippen MR) is 107 cm³/mol. The zero-order valence-electron chi connectivity index (χ0n) is 16.1. The minimum Gasteiger partial charge on any atom is -0.367 e. The largest absolute Gasteiger partial charge is 0.367 e. The molecule has 1 aromatic carbocycles. The number of hydrogen-bond acceptors (Lipinski definition) is 7. The molecule has 0 amide bonds. The highest BCUT2D eigenvalue weighted by Crippen LogP contribution is 2.35. The maximum atomic E-state index is 13.6. The highest BCUT2D eigenvalue weighted by Gasteiger charge is 2.27. The van der Waals surface area contributed by atoms with E-state index in [1.807, 2.05) is 0 Å². The fraction of sp³-hybridized carbons (Fsp3) is 0.474. The molecule has 11 heteroatoms. The quantitative estimate of drug-likeness (QED) is 0.607. The van der Waals surface area contributed by atoms with Gasteiger partial charge in [0, 0.05) is 12.1 Å². The summed E-state index contributed by atoms with van der Waals surface area (Å²) in [6, 6.07) is 4.26. The molecule has 3 atom stereocenters. The number of anilines is 2. The van der Waals surface area contributed by atoms with Gasteiger partial charge in [-0.1, -0.05) is 0 Å². The third-order valence-electron chi connectivity index (χ3n) is 5.61. The maximum absolute atomic E-state index is 13.6. The summed E-state index contributed by atoms with van der Waals surface area (Å²) in [4.78, 5) is 8.47. The first-order chi connectivity index (χ1) is 14.3. The molecular formula is C19H23F2N5O3S. The molecule has 1 fully saturated rings. The van der Waals surface area contributed by atoms with Gasteiger partial charge in [0.05, 0.1) is 12.6 Å². The number of halogens is 2. The number of nitrogens with zero attached hydrogens (tertiary/aromatic N) is 2. The maximum Gasteiger partial charge on any atom is 0.333 e. The summed E-state index contributed by atoms with van der Waals surface area (Å²) in [6.45, 7) is 0.0752. The van der Waals surface area contributed by atoms with E-state index in [0.29, 0.717) is 18.1 Å². The Hall–Kier alpha value is -2.37. The first-order valence-electron chi connectivity index (χ1n) is 9.77. The van der Waals surface area contributed by atoms with Crippen LogP contribution in [0.25, 0.3) is 0 Å². The number of nitrogens with two attached hydrogens (primary N) is 1. The number of fused-ring (bicyclic) bond motifs is 1. The minimum absolute atomic E-state index is 0.0752. The number of aromatic nitrogens is 2. The van der Waals surface area contributed by atoms with E-state index < -0.39 is 21.9 Å². The van der Waals surface area contributed by atoms with Gasteiger partial charge < -0.3 is 10.6 Å². The van der Waals surface area contributed by atoms with Gasteiger partial charge in [0.25, 0.3) is 0 Å². The Morgan fingerprint density at radius 3 is 2.57 bits per heavy atom. The number of aryl methyl sites for hydroxylation is 1. The minimum atomic E-state index is -3.93. The van der Waals surface area contributed by atoms with E-state index >= 15 is 0 Å². The summed E-state index contributed by atoms with van der Waals surface area (Å²) in [6.07, 6.45) is 5.24. The summed E-state index contributed by atoms with van der Waals surface area (Å²) in [5.41, 5.74) is 1.55. The van der Waals surface area contributed by atoms with Crippen LogP contribution in [0.15, 0.2) is 24.5 Å². The normalized spacial score (nSPS) is 23.4. The van der Waals surface area contributed by atoms with Crippen molar-refractivity contribution in [1.82, 2.24) is 9.97 Å². The average molecular weight is 439 g/mol. The molecule has 0 radical (unpaired) electrons. The van der Waals surface area contributed by atoms with Gasteiger partial charge in [-0.05, 0) is 61.3 Å². The lowest BCUT2D eigenvalue weighted by Crippen LogP contribution is -2.21. The second kappa shape index (κ2) is 8.40. The molecule has 0 aliphatic heterocycles. The summed E-state index contributed by atoms with van der Waals surface area (Å²) in [7, 11) is -3.93. The van der Waals surface area contributed by atoms with E-state index in [9.17, 15) is 17.2 Å². The van der Waals surface area contributed by atoms with Gasteiger partial charge in [0.15, 0.2) is 11.6 Å². The molecule has 1 heterocycles. The van der Waals surface area contributed by atoms with Crippen LogP contribution in [0, 0.1) is 17.6 Å². The number of benzene rings is 1. The van der Waals surface area contributed by atoms with E-state index in [0.717, 1.165) is 36.8 Å². The molecule has 8 nitrogen and oxygen atoms in total. The van der Waals surface area contributed by atoms with Crippen molar-refractivity contribution in [1.29, 1.82) is 0 Å². The number of rotatable bonds is 7. The fourth-order valence-corrected chi connectivity index (χ4v) is 4.58. The van der Waals surface area contributed by atoms with Crippen molar-refractivity contribution in [2.45, 2.75) is 44.2 Å². The Kier molecular flexibility index (Phi) is 5.85. The van der Waals surface area contributed by atoms with Crippen LogP contribution in [0.3, 0.4) is 0 Å². The summed E-state index contributed by atoms with van der Waals surface area (Å²) < 4.78 is 53.6. The molecule has 1 saturated carbocycles. The fourth-order valence-electron chi connectivity index (χ4n) is 4.20. The molecule has 0 bridgehead atoms. The lowest BCUT2D eigenvalue weighted by atomic mass is 10.1. The van der Waals surface area contributed by atoms with Crippen molar-refractivity contribution in [3.63, 3.8) is 0 Å². The van der Waals surface area contributed by atoms with Crippen molar-refractivity contribution in [3.05, 3.63) is 47.3 Å². The number of hydrogen-bond donors (Lipinski definition) is 3. The van der Waals surface area contributed by atoms with E-state index in [1.165, 1.54) is 18.5 Å². The zero-order chi connectivity index (χ0) is 21.3. The SMILES string of the molecule is NS(=O)(=O)OC[C@@H]1CC[C@H](Nc2cc(N[C@H]3CCc4cc(F)c(F)cc43)ncn2)C1. The van der Waals surface area contributed by atoms with Gasteiger partial charge in [-0.2, -0.15) is 8.42 Å². The van der Waals surface area contributed by atoms with E-state index in [-0.39, 0.29) is 24.6 Å². The van der Waals surface area contributed by atoms with Crippen LogP contribution in [0.4, 0.5) is 20.4 Å². The van der Waals surface area contributed by atoms with Crippen molar-refractivity contribution < 1.29 is 21.4 Å². The zero-order valence-corrected chi connectivity index (χ0v) is 17.0. The van der Waals surface area contributed by atoms with Crippen LogP contribution >= 0.6 is 0 Å². The molecule has 0 unspecified atom stereocenters. The first kappa shape index (κ1) is 20.9. The number of nitrogens with one attached hydrogen (secondary N) is 2. The van der Waals surface area contributed by atoms with E-state index in [1.54, 1.807) is 6.07 Å². The Morgan fingerprint density at radius 1 is 1.07 bits per heavy atom. The Bertz CT molecular complexity index is 1040. The van der Waals surface area contributed by atoms with Gasteiger partial charge in [-0.3, -0.25) is 4.18 Å². The molecule has 0 spiro atoms. The Balaban J connectivity index is 1.36. The average Bonchev–Trinajstić information content (AvgIpc) is 3.28. The van der Waals surface area contributed by atoms with Crippen LogP contribution in [0.1, 0.15) is 42.9 Å². The molecule has 30 heavy (non-hydrogen) atoms. The smallest absolute Gasteiger partial charge is 0.333 e. The molecule has 0 saturated heterocycles. The second-order valence-electron chi connectivity index (χ2n) is 7.79. The third kappa shape index (κ3) is 5.02. The van der Waals surface area contributed by atoms with Crippen molar-refractivity contribution in [2.75, 3.05) is 17.2 Å². The van der Waals surface area contributed by atoms with Gasteiger partial charge in [-0.15, -0.1) is 0 Å². The molecule has 4 N–H and O–H groups in total. The Labute approximate surface area is 173 Å². The monoisotopic (exact) mass is 439 g/mol. The third-order valence-corrected chi connectivity index (χ3v) is 6.07. The lowest BCUT2D eigenvalue weighted by Gasteiger charge is -2.17. The highest BCUT2D eigenvalue weighted by atomic mass is 32.2. The summed E-state index contributed by atoms with van der Waals surface area (Å²) in [5.74, 6) is -0.358. The molecule has 2 aromatic rings. The topological polar surface area (TPSA) is 119 Å². The van der Waals surface area contributed by atoms with Gasteiger partial charge in [0.1, 0.15) is 18.0 Å². The standard InChI is InChI=1S/C19H23F2N5O3S/c20-15-6-12-2-4-17(14(12)7-16(15)21)26-19-8-18(23-10-24-19)25-13-3-1-11(5-13)9-29-30(22,27)28/h6-8,10-11,13,17H,1-5,9H2,(H2,22,27,28)(H2,23,24,25,26)/t11-,13+,17+/m1/s1. The first-order valence-corrected chi connectivity index (χ1v) is 11.2. The van der Waals surface area contributed by atoms with Gasteiger partial charge in [-0.25, -0.2) is 23.9 Å². The summed E-state index contributed by atoms with van der Waals surface area (Å²) >= 11 is 0. The van der Waals surface area contributed by atoms with Crippen LogP contribution in [0.2, 0.25) is 0 Å². The van der Waals surface area contributed by atoms with Crippen LogP contribution < -0.4 is 15.8 Å². The van der Waals surface area contributed by atoms with Crippen LogP contribution in [0.5, 0.6) is 0 Å². The van der Waals surface area contributed by atoms with Gasteiger partial charge in [0.2, 0.25) is 0 Å². The predicted octanol–water partition coefficient (Wildman–Crippen LogP) is 2.65. The molecule has 2 aliphatic carbocycles.